The molecule has 0 bridgehead atoms. The van der Waals surface area contributed by atoms with Gasteiger partial charge in [0.25, 0.3) is 0 Å². The van der Waals surface area contributed by atoms with E-state index in [4.69, 9.17) is 4.74 Å². The van der Waals surface area contributed by atoms with Gasteiger partial charge in [-0.05, 0) is 6.92 Å². The van der Waals surface area contributed by atoms with Gasteiger partial charge in [0.05, 0.1) is 26.7 Å². The van der Waals surface area contributed by atoms with Crippen molar-refractivity contribution in [3.63, 3.8) is 0 Å². The molecule has 1 atom stereocenters. The fraction of sp³-hybridized carbons (Fsp3) is 0.438. The maximum atomic E-state index is 11.0. The number of nitrogens with zero attached hydrogens (tertiary/aromatic N) is 1. The summed E-state index contributed by atoms with van der Waals surface area (Å²) < 4.78 is 5.97. The minimum Gasteiger partial charge on any atom is -1.00 e. The van der Waals surface area contributed by atoms with Crippen molar-refractivity contribution >= 4 is 5.97 Å². The number of halogens is 1. The highest BCUT2D eigenvalue weighted by molar-refractivity contribution is 5.81. The molecule has 1 unspecified atom stereocenters. The van der Waals surface area contributed by atoms with Gasteiger partial charge < -0.3 is 33.2 Å². The first-order valence-electron chi connectivity index (χ1n) is 6.76. The van der Waals surface area contributed by atoms with Crippen LogP contribution >= 0.6 is 0 Å². The maximum Gasteiger partial charge on any atom is 0.330 e. The van der Waals surface area contributed by atoms with Crippen molar-refractivity contribution in [3.05, 3.63) is 48.6 Å². The number of benzene rings is 1. The Labute approximate surface area is 139 Å². The van der Waals surface area contributed by atoms with Crippen LogP contribution in [0.2, 0.25) is 0 Å². The highest BCUT2D eigenvalue weighted by Crippen LogP contribution is 2.12. The van der Waals surface area contributed by atoms with E-state index < -0.39 is 0 Å². The fourth-order valence-electron chi connectivity index (χ4n) is 2.05. The van der Waals surface area contributed by atoms with Gasteiger partial charge in [0.15, 0.2) is 0 Å². The molecule has 0 heterocycles. The lowest BCUT2D eigenvalue weighted by Crippen LogP contribution is -3.00. The predicted molar refractivity (Wildman–Crippen MR) is 77.5 cm³/mol. The average molecular weight is 389 g/mol. The molecule has 0 fully saturated rings. The molecule has 1 rings (SSSR count). The van der Waals surface area contributed by atoms with Gasteiger partial charge in [-0.15, -0.1) is 0 Å². The molecule has 0 spiro atoms. The smallest absolute Gasteiger partial charge is 0.330 e. The lowest BCUT2D eigenvalue weighted by molar-refractivity contribution is -0.921. The lowest BCUT2D eigenvalue weighted by atomic mass is 10.2. The van der Waals surface area contributed by atoms with E-state index in [9.17, 15) is 4.79 Å². The van der Waals surface area contributed by atoms with Crippen LogP contribution in [-0.2, 0) is 16.1 Å². The molecule has 0 aromatic heterocycles. The minimum atomic E-state index is -0.339. The van der Waals surface area contributed by atoms with E-state index in [1.54, 1.807) is 0 Å². The molecule has 1 aromatic rings. The summed E-state index contributed by atoms with van der Waals surface area (Å²) in [7, 11) is 2.24. The van der Waals surface area contributed by atoms with Crippen molar-refractivity contribution < 1.29 is 38.0 Å². The Bertz CT molecular complexity index is 408. The van der Waals surface area contributed by atoms with Gasteiger partial charge in [0.2, 0.25) is 0 Å². The van der Waals surface area contributed by atoms with Crippen LogP contribution in [0.1, 0.15) is 18.9 Å². The first-order chi connectivity index (χ1) is 9.09. The highest BCUT2D eigenvalue weighted by Gasteiger charge is 2.19. The normalized spacial score (nSPS) is 12.9. The van der Waals surface area contributed by atoms with Crippen molar-refractivity contribution in [2.75, 3.05) is 26.7 Å². The standard InChI is InChI=1S/C16H24NO2.HI/c1-4-16(18)19-13-9-12-17(3,5-2)14-15-10-7-6-8-11-15;/h4,6-8,10-11H,1,5,9,12-14H2,2-3H3;1H/q+1;/p-1. The second-order valence-electron chi connectivity index (χ2n) is 5.03. The summed E-state index contributed by atoms with van der Waals surface area (Å²) in [6, 6.07) is 10.5. The summed E-state index contributed by atoms with van der Waals surface area (Å²) in [5.41, 5.74) is 1.34. The van der Waals surface area contributed by atoms with E-state index in [1.807, 2.05) is 6.07 Å². The minimum absolute atomic E-state index is 0. The Hall–Kier alpha value is -0.880. The molecular weight excluding hydrogens is 365 g/mol. The zero-order chi connectivity index (χ0) is 14.1. The SMILES string of the molecule is C=CC(=O)OCCC[N+](C)(CC)Cc1ccccc1.[I-]. The van der Waals surface area contributed by atoms with E-state index in [2.05, 4.69) is 44.8 Å². The second kappa shape index (κ2) is 9.94. The molecule has 0 amide bonds. The zero-order valence-corrected chi connectivity index (χ0v) is 14.5. The molecular formula is C16H24INO2. The molecule has 0 aliphatic carbocycles. The van der Waals surface area contributed by atoms with Gasteiger partial charge in [-0.25, -0.2) is 4.79 Å². The first kappa shape index (κ1) is 19.1. The monoisotopic (exact) mass is 389 g/mol. The van der Waals surface area contributed by atoms with E-state index in [0.717, 1.165) is 30.5 Å². The number of esters is 1. The molecule has 0 saturated heterocycles. The van der Waals surface area contributed by atoms with E-state index in [-0.39, 0.29) is 29.9 Å². The predicted octanol–water partition coefficient (Wildman–Crippen LogP) is -0.224. The summed E-state index contributed by atoms with van der Waals surface area (Å²) in [5.74, 6) is -0.339. The van der Waals surface area contributed by atoms with Crippen LogP contribution < -0.4 is 24.0 Å². The van der Waals surface area contributed by atoms with Crippen molar-refractivity contribution in [2.45, 2.75) is 19.9 Å². The molecule has 3 nitrogen and oxygen atoms in total. The number of quaternary nitrogens is 1. The van der Waals surface area contributed by atoms with Crippen LogP contribution in [0.5, 0.6) is 0 Å². The molecule has 0 aliphatic heterocycles. The van der Waals surface area contributed by atoms with Crippen LogP contribution in [0.15, 0.2) is 43.0 Å². The van der Waals surface area contributed by atoms with Gasteiger partial charge in [0.1, 0.15) is 6.54 Å². The van der Waals surface area contributed by atoms with Crippen LogP contribution in [0.3, 0.4) is 0 Å². The van der Waals surface area contributed by atoms with Crippen LogP contribution in [0, 0.1) is 0 Å². The van der Waals surface area contributed by atoms with Gasteiger partial charge in [0, 0.05) is 18.1 Å². The third kappa shape index (κ3) is 7.05. The molecule has 20 heavy (non-hydrogen) atoms. The molecule has 4 heteroatoms. The summed E-state index contributed by atoms with van der Waals surface area (Å²) in [6.07, 6.45) is 2.08. The zero-order valence-electron chi connectivity index (χ0n) is 12.3. The van der Waals surface area contributed by atoms with Gasteiger partial charge in [-0.1, -0.05) is 36.9 Å². The van der Waals surface area contributed by atoms with Crippen LogP contribution in [0.4, 0.5) is 0 Å². The Morgan fingerprint density at radius 2 is 2.00 bits per heavy atom. The third-order valence-electron chi connectivity index (χ3n) is 3.42. The van der Waals surface area contributed by atoms with E-state index >= 15 is 0 Å². The van der Waals surface area contributed by atoms with Gasteiger partial charge in [-0.3, -0.25) is 0 Å². The lowest BCUT2D eigenvalue weighted by Gasteiger charge is -2.33. The number of carbonyl (C=O) groups is 1. The number of carbonyl (C=O) groups excluding carboxylic acids is 1. The second-order valence-corrected chi connectivity index (χ2v) is 5.03. The highest BCUT2D eigenvalue weighted by atomic mass is 127. The first-order valence-corrected chi connectivity index (χ1v) is 6.76. The van der Waals surface area contributed by atoms with E-state index in [0.29, 0.717) is 6.61 Å². The summed E-state index contributed by atoms with van der Waals surface area (Å²) >= 11 is 0. The quantitative estimate of drug-likeness (QED) is 0.202. The number of hydrogen-bond acceptors (Lipinski definition) is 2. The van der Waals surface area contributed by atoms with Gasteiger partial charge in [-0.2, -0.15) is 0 Å². The van der Waals surface area contributed by atoms with Crippen molar-refractivity contribution in [1.29, 1.82) is 0 Å². The third-order valence-corrected chi connectivity index (χ3v) is 3.42. The Morgan fingerprint density at radius 1 is 1.35 bits per heavy atom. The largest absolute Gasteiger partial charge is 1.00 e. The van der Waals surface area contributed by atoms with Crippen LogP contribution in [0.25, 0.3) is 0 Å². The van der Waals surface area contributed by atoms with Crippen molar-refractivity contribution in [1.82, 2.24) is 0 Å². The molecule has 1 aromatic carbocycles. The summed E-state index contributed by atoms with van der Waals surface area (Å²) in [4.78, 5) is 11.0. The van der Waals surface area contributed by atoms with E-state index in [1.165, 1.54) is 11.6 Å². The molecule has 0 radical (unpaired) electrons. The number of hydrogen-bond donors (Lipinski definition) is 0. The number of rotatable bonds is 8. The molecule has 112 valence electrons. The van der Waals surface area contributed by atoms with Crippen molar-refractivity contribution in [3.8, 4) is 0 Å². The topological polar surface area (TPSA) is 26.3 Å². The molecule has 0 saturated carbocycles. The number of ether oxygens (including phenoxy) is 1. The van der Waals surface area contributed by atoms with Gasteiger partial charge >= 0.3 is 5.97 Å². The Kier molecular flexibility index (Phi) is 9.50. The summed E-state index contributed by atoms with van der Waals surface area (Å²) in [6.45, 7) is 9.10. The molecule has 0 N–H and O–H groups in total. The fourth-order valence-corrected chi connectivity index (χ4v) is 2.05. The molecule has 0 aliphatic rings. The van der Waals surface area contributed by atoms with Crippen molar-refractivity contribution in [2.24, 2.45) is 0 Å². The Balaban J connectivity index is 0.00000361. The summed E-state index contributed by atoms with van der Waals surface area (Å²) in [5, 5.41) is 0. The Morgan fingerprint density at radius 3 is 2.55 bits per heavy atom. The average Bonchev–Trinajstić information content (AvgIpc) is 2.44. The maximum absolute atomic E-state index is 11.0. The van der Waals surface area contributed by atoms with Crippen LogP contribution in [-0.4, -0.2) is 37.2 Å².